The number of primary amides is 1. The molecule has 1 aromatic heterocycles. The van der Waals surface area contributed by atoms with E-state index in [1.165, 1.54) is 0 Å². The van der Waals surface area contributed by atoms with Crippen LogP contribution in [0.2, 0.25) is 0 Å². The first-order valence-electron chi connectivity index (χ1n) is 13.3. The van der Waals surface area contributed by atoms with Gasteiger partial charge >= 0.3 is 6.09 Å². The number of piperidine rings is 1. The largest absolute Gasteiger partial charge is 0.444 e. The second kappa shape index (κ2) is 11.7. The number of carbonyl (C=O) groups excluding carboxylic acids is 2. The molecule has 2 amide bonds. The van der Waals surface area contributed by atoms with E-state index in [0.717, 1.165) is 24.6 Å². The van der Waals surface area contributed by atoms with E-state index < -0.39 is 28.5 Å². The number of nitriles is 1. The number of aliphatic hydroxyl groups is 1. The molecule has 4 rings (SSSR count). The average molecular weight is 563 g/mol. The number of ether oxygens (including phenoxy) is 1. The molecule has 1 saturated carbocycles. The van der Waals surface area contributed by atoms with Crippen molar-refractivity contribution in [1.29, 1.82) is 5.26 Å². The molecule has 2 fully saturated rings. The third-order valence-electron chi connectivity index (χ3n) is 6.91. The normalized spacial score (nSPS) is 17.3. The average Bonchev–Trinajstić information content (AvgIpc) is 3.75. The van der Waals surface area contributed by atoms with Crippen LogP contribution in [-0.4, -0.2) is 52.9 Å². The maximum absolute atomic E-state index is 12.5. The van der Waals surface area contributed by atoms with Crippen molar-refractivity contribution < 1.29 is 19.4 Å². The van der Waals surface area contributed by atoms with Gasteiger partial charge in [0.15, 0.2) is 0 Å². The Morgan fingerprint density at radius 2 is 1.98 bits per heavy atom. The van der Waals surface area contributed by atoms with Gasteiger partial charge in [-0.25, -0.2) is 14.6 Å². The van der Waals surface area contributed by atoms with Gasteiger partial charge < -0.3 is 25.8 Å². The Bertz CT molecular complexity index is 1350. The molecule has 1 aromatic carbocycles. The van der Waals surface area contributed by atoms with E-state index in [1.807, 2.05) is 35.2 Å². The number of hydrogen-bond acceptors (Lipinski definition) is 8. The van der Waals surface area contributed by atoms with Crippen LogP contribution < -0.4 is 16.0 Å². The molecule has 1 unspecified atom stereocenters. The Kier molecular flexibility index (Phi) is 8.57. The summed E-state index contributed by atoms with van der Waals surface area (Å²) < 4.78 is 5.27. The second-order valence-electron chi connectivity index (χ2n) is 11.3. The van der Waals surface area contributed by atoms with Gasteiger partial charge in [0.25, 0.3) is 0 Å². The van der Waals surface area contributed by atoms with Crippen molar-refractivity contribution in [3.05, 3.63) is 58.4 Å². The number of nitrogens with one attached hydrogen (secondary N) is 1. The van der Waals surface area contributed by atoms with Gasteiger partial charge in [-0.15, -0.1) is 0 Å². The lowest BCUT2D eigenvalue weighted by molar-refractivity contribution is -0.117. The van der Waals surface area contributed by atoms with Crippen LogP contribution in [0.15, 0.2) is 35.4 Å². The SMILES string of the molecule is [C-]#[N+]c1c(N2CCC(O)(CNC(=O)OC(C)(C)C)CC2)nc(SC(C(N)=O)c2ccccc2)c(C#N)c1C1CC1. The summed E-state index contributed by atoms with van der Waals surface area (Å²) in [5.41, 5.74) is 6.03. The summed E-state index contributed by atoms with van der Waals surface area (Å²) in [6.45, 7) is 14.1. The van der Waals surface area contributed by atoms with Crippen LogP contribution in [-0.2, 0) is 9.53 Å². The van der Waals surface area contributed by atoms with E-state index >= 15 is 0 Å². The first-order valence-corrected chi connectivity index (χ1v) is 14.1. The summed E-state index contributed by atoms with van der Waals surface area (Å²) in [7, 11) is 0. The lowest BCUT2D eigenvalue weighted by Crippen LogP contribution is -2.51. The molecule has 2 aromatic rings. The number of nitrogens with two attached hydrogens (primary N) is 1. The number of hydrogen-bond donors (Lipinski definition) is 3. The molecule has 1 saturated heterocycles. The van der Waals surface area contributed by atoms with E-state index in [1.54, 1.807) is 20.8 Å². The molecule has 10 nitrogen and oxygen atoms in total. The van der Waals surface area contributed by atoms with Crippen molar-refractivity contribution in [3.8, 4) is 6.07 Å². The van der Waals surface area contributed by atoms with Crippen LogP contribution in [0.25, 0.3) is 4.85 Å². The summed E-state index contributed by atoms with van der Waals surface area (Å²) in [5, 5.41) is 23.5. The third-order valence-corrected chi connectivity index (χ3v) is 8.17. The molecule has 1 aliphatic heterocycles. The highest BCUT2D eigenvalue weighted by atomic mass is 32.2. The molecule has 40 heavy (non-hydrogen) atoms. The van der Waals surface area contributed by atoms with E-state index in [9.17, 15) is 20.0 Å². The molecule has 0 bridgehead atoms. The van der Waals surface area contributed by atoms with E-state index in [0.29, 0.717) is 59.2 Å². The zero-order valence-corrected chi connectivity index (χ0v) is 23.8. The fourth-order valence-electron chi connectivity index (χ4n) is 4.74. The third kappa shape index (κ3) is 6.85. The lowest BCUT2D eigenvalue weighted by atomic mass is 9.91. The van der Waals surface area contributed by atoms with E-state index in [-0.39, 0.29) is 12.5 Å². The number of anilines is 1. The number of alkyl carbamates (subject to hydrolysis) is 1. The summed E-state index contributed by atoms with van der Waals surface area (Å²) in [5.74, 6) is -0.0219. The highest BCUT2D eigenvalue weighted by molar-refractivity contribution is 8.00. The van der Waals surface area contributed by atoms with Crippen molar-refractivity contribution in [2.24, 2.45) is 5.73 Å². The maximum atomic E-state index is 12.5. The van der Waals surface area contributed by atoms with Crippen molar-refractivity contribution in [2.45, 2.75) is 73.9 Å². The Morgan fingerprint density at radius 1 is 1.32 bits per heavy atom. The van der Waals surface area contributed by atoms with Crippen LogP contribution in [0.1, 0.15) is 74.3 Å². The van der Waals surface area contributed by atoms with Gasteiger partial charge in [0.2, 0.25) is 11.6 Å². The van der Waals surface area contributed by atoms with Crippen LogP contribution in [0.3, 0.4) is 0 Å². The molecule has 2 heterocycles. The quantitative estimate of drug-likeness (QED) is 0.314. The lowest BCUT2D eigenvalue weighted by Gasteiger charge is -2.39. The van der Waals surface area contributed by atoms with E-state index in [4.69, 9.17) is 22.0 Å². The summed E-state index contributed by atoms with van der Waals surface area (Å²) in [6.07, 6.45) is 1.82. The fraction of sp³-hybridized carbons (Fsp3) is 0.483. The molecule has 0 radical (unpaired) electrons. The first kappa shape index (κ1) is 29.2. The van der Waals surface area contributed by atoms with E-state index in [2.05, 4.69) is 16.2 Å². The maximum Gasteiger partial charge on any atom is 0.407 e. The van der Waals surface area contributed by atoms with Crippen molar-refractivity contribution in [2.75, 3.05) is 24.5 Å². The van der Waals surface area contributed by atoms with Gasteiger partial charge in [0.05, 0.1) is 17.7 Å². The zero-order chi connectivity index (χ0) is 29.1. The fourth-order valence-corrected chi connectivity index (χ4v) is 5.79. The molecular formula is C29H34N6O4S. The molecule has 4 N–H and O–H groups in total. The number of pyridine rings is 1. The summed E-state index contributed by atoms with van der Waals surface area (Å²) >= 11 is 1.12. The number of aromatic nitrogens is 1. The minimum Gasteiger partial charge on any atom is -0.444 e. The van der Waals surface area contributed by atoms with Gasteiger partial charge in [-0.05, 0) is 63.5 Å². The Labute approximate surface area is 238 Å². The molecule has 1 atom stereocenters. The van der Waals surface area contributed by atoms with Gasteiger partial charge in [-0.3, -0.25) is 4.79 Å². The molecule has 11 heteroatoms. The number of nitrogens with zero attached hydrogens (tertiary/aromatic N) is 4. The highest BCUT2D eigenvalue weighted by Crippen LogP contribution is 2.52. The topological polar surface area (TPSA) is 146 Å². The number of carbonyl (C=O) groups is 2. The first-order chi connectivity index (χ1) is 18.9. The number of benzene rings is 1. The number of amides is 2. The molecule has 0 spiro atoms. The van der Waals surface area contributed by atoms with Crippen molar-refractivity contribution in [1.82, 2.24) is 10.3 Å². The van der Waals surface area contributed by atoms with Gasteiger partial charge in [-0.1, -0.05) is 42.1 Å². The number of rotatable bonds is 8. The highest BCUT2D eigenvalue weighted by Gasteiger charge is 2.38. The predicted octanol–water partition coefficient (Wildman–Crippen LogP) is 4.56. The number of thioether (sulfide) groups is 1. The van der Waals surface area contributed by atoms with Crippen LogP contribution in [0.5, 0.6) is 0 Å². The predicted molar refractivity (Wildman–Crippen MR) is 152 cm³/mol. The second-order valence-corrected chi connectivity index (χ2v) is 12.3. The Hall–Kier alpha value is -3.80. The standard InChI is InChI=1S/C29H34N6O4S/c1-28(2,3)39-27(37)33-17-29(38)12-14-35(15-13-29)25-22(32-4)21(18-10-11-18)20(16-30)26(34-25)40-23(24(31)36)19-8-6-5-7-9-19/h5-9,18,23,38H,10-15,17H2,1-3H3,(H2,31,36)(H,33,37). The molecule has 210 valence electrons. The minimum atomic E-state index is -1.14. The molecule has 1 aliphatic carbocycles. The molecular weight excluding hydrogens is 528 g/mol. The van der Waals surface area contributed by atoms with Gasteiger partial charge in [0.1, 0.15) is 27.8 Å². The summed E-state index contributed by atoms with van der Waals surface area (Å²) in [6, 6.07) is 11.4. The van der Waals surface area contributed by atoms with Crippen LogP contribution in [0, 0.1) is 17.9 Å². The Morgan fingerprint density at radius 3 is 2.50 bits per heavy atom. The van der Waals surface area contributed by atoms with Crippen LogP contribution in [0.4, 0.5) is 16.3 Å². The monoisotopic (exact) mass is 562 g/mol. The molecule has 2 aliphatic rings. The van der Waals surface area contributed by atoms with Gasteiger partial charge in [0, 0.05) is 19.6 Å². The zero-order valence-electron chi connectivity index (χ0n) is 22.9. The minimum absolute atomic E-state index is 0.0397. The van der Waals surface area contributed by atoms with Crippen LogP contribution >= 0.6 is 11.8 Å². The van der Waals surface area contributed by atoms with Crippen molar-refractivity contribution in [3.63, 3.8) is 0 Å². The Balaban J connectivity index is 1.61. The van der Waals surface area contributed by atoms with Crippen molar-refractivity contribution >= 4 is 35.3 Å². The summed E-state index contributed by atoms with van der Waals surface area (Å²) in [4.78, 5) is 35.1. The smallest absolute Gasteiger partial charge is 0.407 e. The van der Waals surface area contributed by atoms with Gasteiger partial charge in [-0.2, -0.15) is 5.26 Å².